The van der Waals surface area contributed by atoms with Gasteiger partial charge in [-0.2, -0.15) is 0 Å². The average molecular weight is 272 g/mol. The molecule has 19 heavy (non-hydrogen) atoms. The topological polar surface area (TPSA) is 61.8 Å². The van der Waals surface area contributed by atoms with Crippen molar-refractivity contribution in [2.45, 2.75) is 39.5 Å². The minimum atomic E-state index is -0.425. The summed E-state index contributed by atoms with van der Waals surface area (Å²) in [6.45, 7) is 8.13. The molecule has 0 heterocycles. The zero-order valence-electron chi connectivity index (χ0n) is 11.9. The Morgan fingerprint density at radius 3 is 2.21 bits per heavy atom. The minimum absolute atomic E-state index is 0.177. The average Bonchev–Trinajstić information content (AvgIpc) is 2.37. The van der Waals surface area contributed by atoms with Crippen molar-refractivity contribution in [3.05, 3.63) is 12.2 Å². The molecule has 0 fully saturated rings. The third-order valence-electron chi connectivity index (χ3n) is 2.28. The molecule has 0 saturated heterocycles. The van der Waals surface area contributed by atoms with Gasteiger partial charge in [-0.15, -0.1) is 0 Å². The van der Waals surface area contributed by atoms with Crippen LogP contribution in [0.5, 0.6) is 0 Å². The number of carbonyl (C=O) groups excluding carboxylic acids is 2. The largest absolute Gasteiger partial charge is 0.463 e. The van der Waals surface area contributed by atoms with Gasteiger partial charge < -0.3 is 14.2 Å². The van der Waals surface area contributed by atoms with E-state index in [9.17, 15) is 9.59 Å². The molecule has 5 nitrogen and oxygen atoms in total. The Morgan fingerprint density at radius 2 is 1.63 bits per heavy atom. The molecule has 0 aromatic heterocycles. The van der Waals surface area contributed by atoms with Gasteiger partial charge in [0.2, 0.25) is 0 Å². The Bertz CT molecular complexity index is 286. The van der Waals surface area contributed by atoms with Gasteiger partial charge in [-0.25, -0.2) is 4.79 Å². The Kier molecular flexibility index (Phi) is 10.9. The maximum Gasteiger partial charge on any atom is 0.333 e. The van der Waals surface area contributed by atoms with Gasteiger partial charge in [0.1, 0.15) is 13.2 Å². The Hall–Kier alpha value is -1.36. The zero-order valence-corrected chi connectivity index (χ0v) is 11.9. The van der Waals surface area contributed by atoms with Gasteiger partial charge in [-0.05, 0) is 13.3 Å². The van der Waals surface area contributed by atoms with Gasteiger partial charge in [0.15, 0.2) is 0 Å². The van der Waals surface area contributed by atoms with Crippen molar-refractivity contribution >= 4 is 11.9 Å². The summed E-state index contributed by atoms with van der Waals surface area (Å²) in [6, 6.07) is 0. The van der Waals surface area contributed by atoms with E-state index in [1.165, 1.54) is 0 Å². The molecule has 0 aromatic carbocycles. The molecule has 0 spiro atoms. The van der Waals surface area contributed by atoms with E-state index < -0.39 is 5.97 Å². The smallest absolute Gasteiger partial charge is 0.333 e. The van der Waals surface area contributed by atoms with E-state index in [0.717, 1.165) is 19.3 Å². The van der Waals surface area contributed by atoms with Crippen LogP contribution in [0.4, 0.5) is 0 Å². The number of hydrogen-bond donors (Lipinski definition) is 0. The third kappa shape index (κ3) is 11.5. The normalized spacial score (nSPS) is 10.0. The van der Waals surface area contributed by atoms with Gasteiger partial charge in [0.05, 0.1) is 13.2 Å². The fraction of sp³-hybridized carbons (Fsp3) is 0.714. The Morgan fingerprint density at radius 1 is 1.00 bits per heavy atom. The first kappa shape index (κ1) is 17.6. The van der Waals surface area contributed by atoms with Gasteiger partial charge in [0, 0.05) is 12.0 Å². The number of ether oxygens (including phenoxy) is 3. The van der Waals surface area contributed by atoms with Gasteiger partial charge in [-0.1, -0.05) is 26.3 Å². The highest BCUT2D eigenvalue weighted by molar-refractivity contribution is 5.86. The van der Waals surface area contributed by atoms with E-state index in [1.54, 1.807) is 6.92 Å². The maximum atomic E-state index is 11.2. The van der Waals surface area contributed by atoms with E-state index in [-0.39, 0.29) is 25.8 Å². The van der Waals surface area contributed by atoms with E-state index in [4.69, 9.17) is 14.2 Å². The quantitative estimate of drug-likeness (QED) is 0.328. The SMILES string of the molecule is C=C(C)C(=O)OCCOCCOC(=O)CCCCC. The van der Waals surface area contributed by atoms with Crippen LogP contribution in [0.2, 0.25) is 0 Å². The maximum absolute atomic E-state index is 11.2. The zero-order chi connectivity index (χ0) is 14.5. The Balaban J connectivity index is 3.29. The summed E-state index contributed by atoms with van der Waals surface area (Å²) in [5, 5.41) is 0. The first-order valence-electron chi connectivity index (χ1n) is 6.64. The fourth-order valence-corrected chi connectivity index (χ4v) is 1.22. The van der Waals surface area contributed by atoms with Crippen molar-refractivity contribution in [1.82, 2.24) is 0 Å². The summed E-state index contributed by atoms with van der Waals surface area (Å²) in [6.07, 6.45) is 3.45. The molecule has 0 bridgehead atoms. The predicted molar refractivity (Wildman–Crippen MR) is 71.7 cm³/mol. The van der Waals surface area contributed by atoms with Gasteiger partial charge >= 0.3 is 11.9 Å². The molecule has 110 valence electrons. The number of hydrogen-bond acceptors (Lipinski definition) is 5. The molecule has 0 aliphatic heterocycles. The lowest BCUT2D eigenvalue weighted by molar-refractivity contribution is -0.145. The van der Waals surface area contributed by atoms with Crippen LogP contribution in [0.1, 0.15) is 39.5 Å². The lowest BCUT2D eigenvalue weighted by Crippen LogP contribution is -2.14. The van der Waals surface area contributed by atoms with Crippen LogP contribution in [0.3, 0.4) is 0 Å². The summed E-state index contributed by atoms with van der Waals surface area (Å²) < 4.78 is 14.9. The molecule has 0 aromatic rings. The van der Waals surface area contributed by atoms with Crippen LogP contribution < -0.4 is 0 Å². The molecule has 5 heteroatoms. The van der Waals surface area contributed by atoms with Crippen molar-refractivity contribution < 1.29 is 23.8 Å². The lowest BCUT2D eigenvalue weighted by Gasteiger charge is -2.07. The number of unbranched alkanes of at least 4 members (excludes halogenated alkanes) is 2. The van der Waals surface area contributed by atoms with E-state index in [1.807, 2.05) is 0 Å². The van der Waals surface area contributed by atoms with Crippen LogP contribution in [-0.2, 0) is 23.8 Å². The second-order valence-corrected chi connectivity index (χ2v) is 4.21. The number of esters is 2. The molecule has 0 amide bonds. The van der Waals surface area contributed by atoms with Crippen LogP contribution in [-0.4, -0.2) is 38.4 Å². The van der Waals surface area contributed by atoms with Gasteiger partial charge in [-0.3, -0.25) is 4.79 Å². The first-order valence-corrected chi connectivity index (χ1v) is 6.64. The molecule has 0 atom stereocenters. The molecule has 0 unspecified atom stereocenters. The molecule has 0 rings (SSSR count). The van der Waals surface area contributed by atoms with Crippen molar-refractivity contribution in [2.24, 2.45) is 0 Å². The summed E-state index contributed by atoms with van der Waals surface area (Å²) in [5.41, 5.74) is 0.362. The standard InChI is InChI=1S/C14H24O5/c1-4-5-6-7-13(15)18-10-8-17-9-11-19-14(16)12(2)3/h2,4-11H2,1,3H3. The first-order chi connectivity index (χ1) is 9.07. The van der Waals surface area contributed by atoms with Crippen molar-refractivity contribution in [3.8, 4) is 0 Å². The van der Waals surface area contributed by atoms with Crippen LogP contribution in [0, 0.1) is 0 Å². The third-order valence-corrected chi connectivity index (χ3v) is 2.28. The van der Waals surface area contributed by atoms with Crippen molar-refractivity contribution in [2.75, 3.05) is 26.4 Å². The van der Waals surface area contributed by atoms with Crippen LogP contribution in [0.25, 0.3) is 0 Å². The monoisotopic (exact) mass is 272 g/mol. The minimum Gasteiger partial charge on any atom is -0.463 e. The molecule has 0 aliphatic rings. The van der Waals surface area contributed by atoms with E-state index in [2.05, 4.69) is 13.5 Å². The summed E-state index contributed by atoms with van der Waals surface area (Å²) >= 11 is 0. The van der Waals surface area contributed by atoms with E-state index >= 15 is 0 Å². The highest BCUT2D eigenvalue weighted by Crippen LogP contribution is 2.00. The predicted octanol–water partition coefficient (Wildman–Crippen LogP) is 2.25. The van der Waals surface area contributed by atoms with Crippen LogP contribution >= 0.6 is 0 Å². The molecule has 0 radical (unpaired) electrons. The van der Waals surface area contributed by atoms with Crippen molar-refractivity contribution in [3.63, 3.8) is 0 Å². The van der Waals surface area contributed by atoms with Gasteiger partial charge in [0.25, 0.3) is 0 Å². The molecular weight excluding hydrogens is 248 g/mol. The summed E-state index contributed by atoms with van der Waals surface area (Å²) in [4.78, 5) is 22.2. The number of carbonyl (C=O) groups is 2. The molecule has 0 aliphatic carbocycles. The highest BCUT2D eigenvalue weighted by atomic mass is 16.6. The van der Waals surface area contributed by atoms with Crippen molar-refractivity contribution in [1.29, 1.82) is 0 Å². The molecular formula is C14H24O5. The molecule has 0 saturated carbocycles. The Labute approximate surface area is 114 Å². The fourth-order valence-electron chi connectivity index (χ4n) is 1.22. The lowest BCUT2D eigenvalue weighted by atomic mass is 10.2. The number of rotatable bonds is 11. The van der Waals surface area contributed by atoms with Crippen LogP contribution in [0.15, 0.2) is 12.2 Å². The molecule has 0 N–H and O–H groups in total. The highest BCUT2D eigenvalue weighted by Gasteiger charge is 2.03. The summed E-state index contributed by atoms with van der Waals surface area (Å²) in [5.74, 6) is -0.614. The second kappa shape index (κ2) is 11.7. The van der Waals surface area contributed by atoms with E-state index in [0.29, 0.717) is 18.6 Å². The second-order valence-electron chi connectivity index (χ2n) is 4.21. The summed E-state index contributed by atoms with van der Waals surface area (Å²) in [7, 11) is 0.